The number of furan rings is 1. The molecule has 2 heterocycles. The minimum atomic E-state index is -1.09. The summed E-state index contributed by atoms with van der Waals surface area (Å²) < 4.78 is 5.73. The fourth-order valence-electron chi connectivity index (χ4n) is 3.37. The van der Waals surface area contributed by atoms with E-state index in [0.717, 1.165) is 12.0 Å². The number of carboxylic acids is 1. The lowest BCUT2D eigenvalue weighted by Gasteiger charge is -2.28. The van der Waals surface area contributed by atoms with Crippen molar-refractivity contribution in [2.45, 2.75) is 13.3 Å². The molecule has 1 aliphatic heterocycles. The van der Waals surface area contributed by atoms with E-state index in [9.17, 15) is 19.5 Å². The fraction of sp³-hybridized carbons (Fsp3) is 0.0833. The Balaban J connectivity index is 1.68. The van der Waals surface area contributed by atoms with Crippen LogP contribution in [0.1, 0.15) is 28.6 Å². The number of hydrogen-bond acceptors (Lipinski definition) is 5. The summed E-state index contributed by atoms with van der Waals surface area (Å²) >= 11 is 5.22. The summed E-state index contributed by atoms with van der Waals surface area (Å²) in [6, 6.07) is 16.9. The van der Waals surface area contributed by atoms with Crippen LogP contribution >= 0.6 is 12.2 Å². The van der Waals surface area contributed by atoms with Crippen LogP contribution in [0.4, 0.5) is 5.69 Å². The average molecular weight is 446 g/mol. The molecular weight excluding hydrogens is 428 g/mol. The molecule has 32 heavy (non-hydrogen) atoms. The van der Waals surface area contributed by atoms with Crippen molar-refractivity contribution in [3.05, 3.63) is 83.1 Å². The van der Waals surface area contributed by atoms with Crippen molar-refractivity contribution in [1.29, 1.82) is 0 Å². The molecule has 0 saturated carbocycles. The minimum Gasteiger partial charge on any atom is -0.478 e. The maximum absolute atomic E-state index is 13.1. The van der Waals surface area contributed by atoms with Gasteiger partial charge in [-0.25, -0.2) is 4.79 Å². The Labute approximate surface area is 189 Å². The van der Waals surface area contributed by atoms with E-state index in [-0.39, 0.29) is 22.0 Å². The Morgan fingerprint density at radius 3 is 2.50 bits per heavy atom. The predicted molar refractivity (Wildman–Crippen MR) is 123 cm³/mol. The molecule has 1 saturated heterocycles. The highest BCUT2D eigenvalue weighted by Crippen LogP contribution is 2.28. The number of aromatic carboxylic acids is 1. The SMILES string of the molecule is CCc1ccc(N2C(=O)C(=Cc3ccc(-c4ccccc4C(=O)O)o3)C(=O)NC2=S)cc1. The van der Waals surface area contributed by atoms with Gasteiger partial charge in [-0.3, -0.25) is 19.8 Å². The number of amides is 2. The third kappa shape index (κ3) is 3.95. The van der Waals surface area contributed by atoms with Gasteiger partial charge in [0.25, 0.3) is 11.8 Å². The van der Waals surface area contributed by atoms with E-state index in [4.69, 9.17) is 16.6 Å². The summed E-state index contributed by atoms with van der Waals surface area (Å²) in [5, 5.41) is 11.9. The van der Waals surface area contributed by atoms with E-state index in [1.807, 2.05) is 19.1 Å². The van der Waals surface area contributed by atoms with Crippen molar-refractivity contribution in [3.8, 4) is 11.3 Å². The molecule has 0 aliphatic carbocycles. The Morgan fingerprint density at radius 2 is 1.81 bits per heavy atom. The molecule has 2 N–H and O–H groups in total. The Hall–Kier alpha value is -4.04. The molecule has 0 bridgehead atoms. The van der Waals surface area contributed by atoms with Crippen LogP contribution in [0.5, 0.6) is 0 Å². The Bertz CT molecular complexity index is 1270. The molecule has 1 fully saturated rings. The number of aryl methyl sites for hydroxylation is 1. The number of thiocarbonyl (C=S) groups is 1. The van der Waals surface area contributed by atoms with Gasteiger partial charge in [-0.15, -0.1) is 0 Å². The van der Waals surface area contributed by atoms with Gasteiger partial charge >= 0.3 is 5.97 Å². The molecule has 1 aliphatic rings. The van der Waals surface area contributed by atoms with Crippen molar-refractivity contribution in [1.82, 2.24) is 5.32 Å². The molecule has 7 nitrogen and oxygen atoms in total. The predicted octanol–water partition coefficient (Wildman–Crippen LogP) is 4.04. The maximum Gasteiger partial charge on any atom is 0.336 e. The zero-order valence-electron chi connectivity index (χ0n) is 17.0. The van der Waals surface area contributed by atoms with Crippen LogP contribution in [0, 0.1) is 0 Å². The van der Waals surface area contributed by atoms with Crippen LogP contribution in [0.15, 0.2) is 70.7 Å². The third-order valence-electron chi connectivity index (χ3n) is 5.04. The molecule has 0 atom stereocenters. The number of carboxylic acid groups (broad SMARTS) is 1. The van der Waals surface area contributed by atoms with Gasteiger partial charge in [0.15, 0.2) is 5.11 Å². The summed E-state index contributed by atoms with van der Waals surface area (Å²) in [5.41, 5.74) is 1.97. The molecule has 2 aromatic carbocycles. The lowest BCUT2D eigenvalue weighted by atomic mass is 10.1. The van der Waals surface area contributed by atoms with Crippen molar-refractivity contribution in [2.75, 3.05) is 4.90 Å². The highest BCUT2D eigenvalue weighted by Gasteiger charge is 2.34. The van der Waals surface area contributed by atoms with E-state index in [2.05, 4.69) is 5.32 Å². The summed E-state index contributed by atoms with van der Waals surface area (Å²) in [6.07, 6.45) is 2.17. The van der Waals surface area contributed by atoms with Gasteiger partial charge in [-0.05, 0) is 60.6 Å². The highest BCUT2D eigenvalue weighted by molar-refractivity contribution is 7.80. The van der Waals surface area contributed by atoms with Gasteiger partial charge in [0.2, 0.25) is 0 Å². The second kappa shape index (κ2) is 8.60. The van der Waals surface area contributed by atoms with Crippen LogP contribution in [0.2, 0.25) is 0 Å². The van der Waals surface area contributed by atoms with Gasteiger partial charge in [0.05, 0.1) is 11.3 Å². The average Bonchev–Trinajstić information content (AvgIpc) is 3.25. The normalized spacial score (nSPS) is 15.2. The van der Waals surface area contributed by atoms with Gasteiger partial charge in [-0.2, -0.15) is 0 Å². The molecule has 0 spiro atoms. The van der Waals surface area contributed by atoms with Crippen molar-refractivity contribution < 1.29 is 23.9 Å². The van der Waals surface area contributed by atoms with Crippen molar-refractivity contribution >= 4 is 46.9 Å². The molecule has 4 rings (SSSR count). The Morgan fingerprint density at radius 1 is 1.09 bits per heavy atom. The lowest BCUT2D eigenvalue weighted by Crippen LogP contribution is -2.54. The number of rotatable bonds is 5. The van der Waals surface area contributed by atoms with E-state index in [0.29, 0.717) is 17.0 Å². The first-order valence-corrected chi connectivity index (χ1v) is 10.2. The van der Waals surface area contributed by atoms with Crippen LogP contribution < -0.4 is 10.2 Å². The number of anilines is 1. The van der Waals surface area contributed by atoms with Gasteiger partial charge < -0.3 is 9.52 Å². The molecular formula is C24H18N2O5S. The smallest absolute Gasteiger partial charge is 0.336 e. The second-order valence-electron chi connectivity index (χ2n) is 7.03. The number of carbonyl (C=O) groups excluding carboxylic acids is 2. The first kappa shape index (κ1) is 21.2. The summed E-state index contributed by atoms with van der Waals surface area (Å²) in [6.45, 7) is 2.03. The zero-order valence-corrected chi connectivity index (χ0v) is 17.8. The molecule has 2 amide bonds. The number of hydrogen-bond donors (Lipinski definition) is 2. The van der Waals surface area contributed by atoms with Crippen LogP contribution in [0.25, 0.3) is 17.4 Å². The molecule has 160 valence electrons. The molecule has 3 aromatic rings. The highest BCUT2D eigenvalue weighted by atomic mass is 32.1. The van der Waals surface area contributed by atoms with E-state index < -0.39 is 17.8 Å². The molecule has 0 radical (unpaired) electrons. The van der Waals surface area contributed by atoms with Crippen molar-refractivity contribution in [3.63, 3.8) is 0 Å². The third-order valence-corrected chi connectivity index (χ3v) is 5.33. The van der Waals surface area contributed by atoms with Crippen LogP contribution in [-0.4, -0.2) is 28.0 Å². The largest absolute Gasteiger partial charge is 0.478 e. The van der Waals surface area contributed by atoms with Crippen LogP contribution in [0.3, 0.4) is 0 Å². The number of carbonyl (C=O) groups is 3. The first-order chi connectivity index (χ1) is 15.4. The lowest BCUT2D eigenvalue weighted by molar-refractivity contribution is -0.122. The molecule has 8 heteroatoms. The second-order valence-corrected chi connectivity index (χ2v) is 7.42. The van der Waals surface area contributed by atoms with Crippen LogP contribution in [-0.2, 0) is 16.0 Å². The zero-order chi connectivity index (χ0) is 22.8. The molecule has 0 unspecified atom stereocenters. The topological polar surface area (TPSA) is 99.8 Å². The fourth-order valence-corrected chi connectivity index (χ4v) is 3.66. The van der Waals surface area contributed by atoms with E-state index in [1.165, 1.54) is 17.0 Å². The summed E-state index contributed by atoms with van der Waals surface area (Å²) in [5.74, 6) is -1.76. The quantitative estimate of drug-likeness (QED) is 0.349. The van der Waals surface area contributed by atoms with Gasteiger partial charge in [0.1, 0.15) is 17.1 Å². The Kier molecular flexibility index (Phi) is 5.70. The standard InChI is InChI=1S/C24H18N2O5S/c1-2-14-7-9-15(10-8-14)26-22(28)19(21(27)25-24(26)32)13-16-11-12-20(31-16)17-5-3-4-6-18(17)23(29)30/h3-13H,2H2,1H3,(H,29,30)(H,25,27,32). The monoisotopic (exact) mass is 446 g/mol. The van der Waals surface area contributed by atoms with Gasteiger partial charge in [-0.1, -0.05) is 37.3 Å². The number of nitrogens with one attached hydrogen (secondary N) is 1. The maximum atomic E-state index is 13.1. The molecule has 1 aromatic heterocycles. The van der Waals surface area contributed by atoms with E-state index in [1.54, 1.807) is 42.5 Å². The van der Waals surface area contributed by atoms with Gasteiger partial charge in [0, 0.05) is 5.56 Å². The minimum absolute atomic E-state index is 0.00285. The number of nitrogens with zero attached hydrogens (tertiary/aromatic N) is 1. The summed E-state index contributed by atoms with van der Waals surface area (Å²) in [7, 11) is 0. The van der Waals surface area contributed by atoms with Crippen molar-refractivity contribution in [2.24, 2.45) is 0 Å². The summed E-state index contributed by atoms with van der Waals surface area (Å²) in [4.78, 5) is 38.3. The first-order valence-electron chi connectivity index (χ1n) is 9.82. The van der Waals surface area contributed by atoms with E-state index >= 15 is 0 Å². The number of benzene rings is 2.